The molecule has 0 aromatic rings. The van der Waals surface area contributed by atoms with Crippen molar-refractivity contribution in [2.45, 2.75) is 20.3 Å². The van der Waals surface area contributed by atoms with Crippen LogP contribution in [0.3, 0.4) is 0 Å². The van der Waals surface area contributed by atoms with Gasteiger partial charge in [0.1, 0.15) is 0 Å². The van der Waals surface area contributed by atoms with Crippen LogP contribution in [0.4, 0.5) is 0 Å². The van der Waals surface area contributed by atoms with Gasteiger partial charge >= 0.3 is 0 Å². The monoisotopic (exact) mass is 288 g/mol. The van der Waals surface area contributed by atoms with E-state index < -0.39 is 0 Å². The highest BCUT2D eigenvalue weighted by Gasteiger charge is 2.35. The van der Waals surface area contributed by atoms with Crippen molar-refractivity contribution in [2.24, 2.45) is 5.41 Å². The standard InChI is InChI=1S/C15H32N2O3/c1-4-18-10-7-17(8-11-19-5-2)13-15(12-16-3)6-9-20-14-15/h16H,4-14H2,1-3H3. The van der Waals surface area contributed by atoms with Crippen molar-refractivity contribution in [3.63, 3.8) is 0 Å². The third-order valence-electron chi connectivity index (χ3n) is 3.81. The van der Waals surface area contributed by atoms with Crippen molar-refractivity contribution < 1.29 is 14.2 Å². The molecule has 0 aliphatic carbocycles. The quantitative estimate of drug-likeness (QED) is 0.543. The van der Waals surface area contributed by atoms with Gasteiger partial charge in [-0.15, -0.1) is 0 Å². The number of nitrogens with one attached hydrogen (secondary N) is 1. The molecule has 0 aromatic heterocycles. The fourth-order valence-electron chi connectivity index (χ4n) is 2.76. The van der Waals surface area contributed by atoms with Gasteiger partial charge < -0.3 is 19.5 Å². The summed E-state index contributed by atoms with van der Waals surface area (Å²) in [7, 11) is 2.02. The smallest absolute Gasteiger partial charge is 0.0593 e. The van der Waals surface area contributed by atoms with Gasteiger partial charge in [0.05, 0.1) is 19.8 Å². The van der Waals surface area contributed by atoms with Gasteiger partial charge in [-0.25, -0.2) is 0 Å². The van der Waals surface area contributed by atoms with Gasteiger partial charge in [0, 0.05) is 51.4 Å². The van der Waals surface area contributed by atoms with E-state index in [9.17, 15) is 0 Å². The summed E-state index contributed by atoms with van der Waals surface area (Å²) in [6.07, 6.45) is 1.13. The van der Waals surface area contributed by atoms with Crippen LogP contribution in [0.25, 0.3) is 0 Å². The van der Waals surface area contributed by atoms with Crippen molar-refractivity contribution in [1.82, 2.24) is 10.2 Å². The zero-order valence-electron chi connectivity index (χ0n) is 13.5. The minimum atomic E-state index is 0.243. The first-order chi connectivity index (χ1) is 9.76. The van der Waals surface area contributed by atoms with Crippen LogP contribution in [0.1, 0.15) is 20.3 Å². The topological polar surface area (TPSA) is 43.0 Å². The Bertz CT molecular complexity index is 223. The van der Waals surface area contributed by atoms with Crippen molar-refractivity contribution in [3.05, 3.63) is 0 Å². The van der Waals surface area contributed by atoms with Crippen molar-refractivity contribution in [1.29, 1.82) is 0 Å². The number of hydrogen-bond acceptors (Lipinski definition) is 5. The zero-order chi connectivity index (χ0) is 14.7. The summed E-state index contributed by atoms with van der Waals surface area (Å²) in [4.78, 5) is 2.46. The molecule has 5 heteroatoms. The molecule has 1 aliphatic rings. The molecule has 0 radical (unpaired) electrons. The molecule has 20 heavy (non-hydrogen) atoms. The van der Waals surface area contributed by atoms with E-state index in [-0.39, 0.29) is 5.41 Å². The minimum Gasteiger partial charge on any atom is -0.381 e. The van der Waals surface area contributed by atoms with E-state index in [0.29, 0.717) is 0 Å². The predicted molar refractivity (Wildman–Crippen MR) is 81.2 cm³/mol. The second kappa shape index (κ2) is 10.5. The van der Waals surface area contributed by atoms with Gasteiger partial charge in [-0.05, 0) is 27.3 Å². The molecule has 1 fully saturated rings. The molecule has 1 saturated heterocycles. The molecule has 1 unspecified atom stereocenters. The number of nitrogens with zero attached hydrogens (tertiary/aromatic N) is 1. The summed E-state index contributed by atoms with van der Waals surface area (Å²) in [5, 5.41) is 3.32. The van der Waals surface area contributed by atoms with Gasteiger partial charge in [-0.3, -0.25) is 4.90 Å². The molecule has 0 bridgehead atoms. The maximum atomic E-state index is 5.64. The molecule has 1 atom stereocenters. The number of ether oxygens (including phenoxy) is 3. The van der Waals surface area contributed by atoms with E-state index in [0.717, 1.165) is 72.2 Å². The molecule has 1 heterocycles. The SMILES string of the molecule is CCOCCN(CCOCC)CC1(CNC)CCOC1. The van der Waals surface area contributed by atoms with Crippen molar-refractivity contribution in [3.8, 4) is 0 Å². The number of rotatable bonds is 12. The van der Waals surface area contributed by atoms with Gasteiger partial charge in [0.2, 0.25) is 0 Å². The zero-order valence-corrected chi connectivity index (χ0v) is 13.5. The van der Waals surface area contributed by atoms with E-state index in [2.05, 4.69) is 10.2 Å². The van der Waals surface area contributed by atoms with Gasteiger partial charge in [-0.2, -0.15) is 0 Å². The highest BCUT2D eigenvalue weighted by molar-refractivity contribution is 4.88. The van der Waals surface area contributed by atoms with E-state index >= 15 is 0 Å². The molecule has 1 aliphatic heterocycles. The lowest BCUT2D eigenvalue weighted by Crippen LogP contribution is -2.46. The van der Waals surface area contributed by atoms with E-state index in [1.807, 2.05) is 20.9 Å². The Morgan fingerprint density at radius 1 is 1.15 bits per heavy atom. The molecular weight excluding hydrogens is 256 g/mol. The summed E-state index contributed by atoms with van der Waals surface area (Å²) in [5.41, 5.74) is 0.243. The van der Waals surface area contributed by atoms with Gasteiger partial charge in [0.15, 0.2) is 0 Å². The van der Waals surface area contributed by atoms with E-state index in [4.69, 9.17) is 14.2 Å². The van der Waals surface area contributed by atoms with E-state index in [1.54, 1.807) is 0 Å². The first-order valence-corrected chi connectivity index (χ1v) is 7.86. The molecule has 5 nitrogen and oxygen atoms in total. The molecule has 120 valence electrons. The summed E-state index contributed by atoms with van der Waals surface area (Å²) in [6, 6.07) is 0. The Balaban J connectivity index is 2.46. The maximum Gasteiger partial charge on any atom is 0.0593 e. The first kappa shape index (κ1) is 17.9. The maximum absolute atomic E-state index is 5.64. The fourth-order valence-corrected chi connectivity index (χ4v) is 2.76. The first-order valence-electron chi connectivity index (χ1n) is 7.86. The summed E-state index contributed by atoms with van der Waals surface area (Å²) in [6.45, 7) is 12.9. The third-order valence-corrected chi connectivity index (χ3v) is 3.81. The lowest BCUT2D eigenvalue weighted by Gasteiger charge is -2.34. The van der Waals surface area contributed by atoms with Gasteiger partial charge in [-0.1, -0.05) is 0 Å². The normalized spacial score (nSPS) is 22.8. The third kappa shape index (κ3) is 6.50. The highest BCUT2D eigenvalue weighted by Crippen LogP contribution is 2.29. The lowest BCUT2D eigenvalue weighted by molar-refractivity contribution is 0.0527. The molecule has 0 spiro atoms. The highest BCUT2D eigenvalue weighted by atomic mass is 16.5. The van der Waals surface area contributed by atoms with Crippen LogP contribution < -0.4 is 5.32 Å². The molecular formula is C15H32N2O3. The Kier molecular flexibility index (Phi) is 9.39. The minimum absolute atomic E-state index is 0.243. The molecule has 1 N–H and O–H groups in total. The molecule has 1 rings (SSSR count). The Morgan fingerprint density at radius 3 is 2.25 bits per heavy atom. The Labute approximate surface area is 123 Å². The van der Waals surface area contributed by atoms with Crippen molar-refractivity contribution >= 4 is 0 Å². The lowest BCUT2D eigenvalue weighted by atomic mass is 9.86. The van der Waals surface area contributed by atoms with Crippen LogP contribution in [0, 0.1) is 5.41 Å². The van der Waals surface area contributed by atoms with E-state index in [1.165, 1.54) is 0 Å². The summed E-state index contributed by atoms with van der Waals surface area (Å²) < 4.78 is 16.6. The average Bonchev–Trinajstić information content (AvgIpc) is 2.88. The summed E-state index contributed by atoms with van der Waals surface area (Å²) in [5.74, 6) is 0. The van der Waals surface area contributed by atoms with Crippen molar-refractivity contribution in [2.75, 3.05) is 72.9 Å². The van der Waals surface area contributed by atoms with Gasteiger partial charge in [0.25, 0.3) is 0 Å². The van der Waals surface area contributed by atoms with Crippen LogP contribution in [0.5, 0.6) is 0 Å². The van der Waals surface area contributed by atoms with Crippen LogP contribution in [-0.2, 0) is 14.2 Å². The van der Waals surface area contributed by atoms with Crippen LogP contribution in [0.2, 0.25) is 0 Å². The average molecular weight is 288 g/mol. The van der Waals surface area contributed by atoms with Crippen LogP contribution >= 0.6 is 0 Å². The molecule has 0 amide bonds. The largest absolute Gasteiger partial charge is 0.381 e. The molecule has 0 aromatic carbocycles. The second-order valence-corrected chi connectivity index (χ2v) is 5.50. The Hall–Kier alpha value is -0.200. The van der Waals surface area contributed by atoms with Crippen LogP contribution in [-0.4, -0.2) is 77.8 Å². The molecule has 0 saturated carbocycles. The predicted octanol–water partition coefficient (Wildman–Crippen LogP) is 0.988. The second-order valence-electron chi connectivity index (χ2n) is 5.50. The number of hydrogen-bond donors (Lipinski definition) is 1. The van der Waals surface area contributed by atoms with Crippen LogP contribution in [0.15, 0.2) is 0 Å². The Morgan fingerprint density at radius 2 is 1.80 bits per heavy atom. The fraction of sp³-hybridized carbons (Fsp3) is 1.00. The summed E-state index contributed by atoms with van der Waals surface area (Å²) >= 11 is 0.